The van der Waals surface area contributed by atoms with Gasteiger partial charge >= 0.3 is 6.03 Å². The highest BCUT2D eigenvalue weighted by atomic mass is 16.3. The molecule has 2 saturated heterocycles. The van der Waals surface area contributed by atoms with Crippen LogP contribution in [0.5, 0.6) is 0 Å². The molecule has 0 aromatic heterocycles. The number of piperidine rings is 1. The summed E-state index contributed by atoms with van der Waals surface area (Å²) < 4.78 is 0. The standard InChI is InChI=1S/C18H33N3O3/c1-13(2)6-9-20-17(24)21(14(3)4)16(23)18(20)7-10-19(11-8-18)15(5)12-22/h13-15,22H,6-12H2,1-5H3/t15-/m1/s1. The summed E-state index contributed by atoms with van der Waals surface area (Å²) in [7, 11) is 0. The molecule has 3 amide bonds. The zero-order chi connectivity index (χ0) is 18.1. The number of likely N-dealkylation sites (tertiary alicyclic amines) is 1. The van der Waals surface area contributed by atoms with Crippen molar-refractivity contribution in [2.24, 2.45) is 5.92 Å². The average molecular weight is 339 g/mol. The minimum atomic E-state index is -0.679. The SMILES string of the molecule is CC(C)CCN1C(=O)N(C(C)C)C(=O)C12CCN([C@H](C)CO)CC2. The van der Waals surface area contributed by atoms with E-state index in [0.29, 0.717) is 25.3 Å². The summed E-state index contributed by atoms with van der Waals surface area (Å²) in [5, 5.41) is 9.37. The molecule has 0 aliphatic carbocycles. The molecule has 138 valence electrons. The molecule has 1 atom stereocenters. The topological polar surface area (TPSA) is 64.1 Å². The lowest BCUT2D eigenvalue weighted by Crippen LogP contribution is -2.58. The zero-order valence-electron chi connectivity index (χ0n) is 15.8. The van der Waals surface area contributed by atoms with E-state index in [0.717, 1.165) is 19.5 Å². The van der Waals surface area contributed by atoms with Crippen molar-refractivity contribution < 1.29 is 14.7 Å². The second kappa shape index (κ2) is 7.40. The molecule has 1 spiro atoms. The molecule has 0 aromatic carbocycles. The van der Waals surface area contributed by atoms with E-state index in [1.165, 1.54) is 4.90 Å². The van der Waals surface area contributed by atoms with Gasteiger partial charge in [0.1, 0.15) is 5.54 Å². The first kappa shape index (κ1) is 19.2. The third kappa shape index (κ3) is 3.31. The van der Waals surface area contributed by atoms with Crippen molar-refractivity contribution in [1.29, 1.82) is 0 Å². The summed E-state index contributed by atoms with van der Waals surface area (Å²) in [5.41, 5.74) is -0.679. The number of amides is 3. The maximum atomic E-state index is 13.1. The Kier molecular flexibility index (Phi) is 5.91. The number of carbonyl (C=O) groups excluding carboxylic acids is 2. The Hall–Kier alpha value is -1.14. The first-order chi connectivity index (χ1) is 11.2. The quantitative estimate of drug-likeness (QED) is 0.751. The molecule has 2 aliphatic rings. The van der Waals surface area contributed by atoms with E-state index < -0.39 is 5.54 Å². The number of aliphatic hydroxyl groups excluding tert-OH is 1. The van der Waals surface area contributed by atoms with Gasteiger partial charge in [-0.2, -0.15) is 0 Å². The minimum Gasteiger partial charge on any atom is -0.395 e. The smallest absolute Gasteiger partial charge is 0.327 e. The van der Waals surface area contributed by atoms with Crippen molar-refractivity contribution >= 4 is 11.9 Å². The van der Waals surface area contributed by atoms with Gasteiger partial charge in [-0.05, 0) is 46.0 Å². The van der Waals surface area contributed by atoms with Crippen LogP contribution < -0.4 is 0 Å². The fraction of sp³-hybridized carbons (Fsp3) is 0.889. The fourth-order valence-corrected chi connectivity index (χ4v) is 3.83. The van der Waals surface area contributed by atoms with Gasteiger partial charge < -0.3 is 10.0 Å². The summed E-state index contributed by atoms with van der Waals surface area (Å²) in [5.74, 6) is 0.468. The van der Waals surface area contributed by atoms with Gasteiger partial charge in [0, 0.05) is 31.7 Å². The lowest BCUT2D eigenvalue weighted by Gasteiger charge is -2.44. The number of aliphatic hydroxyl groups is 1. The molecule has 24 heavy (non-hydrogen) atoms. The van der Waals surface area contributed by atoms with Crippen molar-refractivity contribution in [3.63, 3.8) is 0 Å². The van der Waals surface area contributed by atoms with Crippen molar-refractivity contribution in [2.45, 2.75) is 71.5 Å². The summed E-state index contributed by atoms with van der Waals surface area (Å²) in [6.07, 6.45) is 2.22. The van der Waals surface area contributed by atoms with Crippen molar-refractivity contribution in [1.82, 2.24) is 14.7 Å². The molecular formula is C18H33N3O3. The monoisotopic (exact) mass is 339 g/mol. The summed E-state index contributed by atoms with van der Waals surface area (Å²) >= 11 is 0. The molecule has 0 saturated carbocycles. The summed E-state index contributed by atoms with van der Waals surface area (Å²) in [6, 6.07) is -0.139. The molecule has 0 radical (unpaired) electrons. The van der Waals surface area contributed by atoms with Crippen LogP contribution in [-0.4, -0.2) is 75.6 Å². The van der Waals surface area contributed by atoms with Crippen molar-refractivity contribution in [3.05, 3.63) is 0 Å². The van der Waals surface area contributed by atoms with Crippen LogP contribution in [0, 0.1) is 5.92 Å². The van der Waals surface area contributed by atoms with E-state index >= 15 is 0 Å². The van der Waals surface area contributed by atoms with Crippen molar-refractivity contribution in [3.8, 4) is 0 Å². The Balaban J connectivity index is 2.23. The van der Waals surface area contributed by atoms with Gasteiger partial charge in [-0.3, -0.25) is 14.6 Å². The van der Waals surface area contributed by atoms with Gasteiger partial charge in [-0.15, -0.1) is 0 Å². The fourth-order valence-electron chi connectivity index (χ4n) is 3.83. The molecule has 2 fully saturated rings. The number of nitrogens with zero attached hydrogens (tertiary/aromatic N) is 3. The van der Waals surface area contributed by atoms with Gasteiger partial charge in [-0.25, -0.2) is 4.79 Å². The molecule has 6 heteroatoms. The molecule has 2 heterocycles. The van der Waals surface area contributed by atoms with Crippen molar-refractivity contribution in [2.75, 3.05) is 26.2 Å². The van der Waals surface area contributed by atoms with E-state index in [4.69, 9.17) is 0 Å². The van der Waals surface area contributed by atoms with Crippen LogP contribution in [0.1, 0.15) is 53.9 Å². The molecule has 0 unspecified atom stereocenters. The Bertz CT molecular complexity index is 470. The van der Waals surface area contributed by atoms with Crippen LogP contribution in [0.15, 0.2) is 0 Å². The van der Waals surface area contributed by atoms with E-state index in [2.05, 4.69) is 18.7 Å². The van der Waals surface area contributed by atoms with Gasteiger partial charge in [0.05, 0.1) is 6.61 Å². The third-order valence-corrected chi connectivity index (χ3v) is 5.53. The molecule has 6 nitrogen and oxygen atoms in total. The normalized spacial score (nSPS) is 23.2. The Labute approximate surface area is 145 Å². The predicted octanol–water partition coefficient (Wildman–Crippen LogP) is 1.92. The summed E-state index contributed by atoms with van der Waals surface area (Å²) in [4.78, 5) is 31.5. The van der Waals surface area contributed by atoms with E-state index in [9.17, 15) is 14.7 Å². The van der Waals surface area contributed by atoms with Crippen LogP contribution >= 0.6 is 0 Å². The van der Waals surface area contributed by atoms with E-state index in [1.807, 2.05) is 25.7 Å². The highest BCUT2D eigenvalue weighted by Gasteiger charge is 2.58. The number of urea groups is 1. The highest BCUT2D eigenvalue weighted by Crippen LogP contribution is 2.38. The number of hydrogen-bond donors (Lipinski definition) is 1. The van der Waals surface area contributed by atoms with E-state index in [-0.39, 0.29) is 30.6 Å². The number of imide groups is 1. The second-order valence-corrected chi connectivity index (χ2v) is 7.98. The number of carbonyl (C=O) groups is 2. The van der Waals surface area contributed by atoms with Gasteiger partial charge in [-0.1, -0.05) is 13.8 Å². The Morgan fingerprint density at radius 2 is 1.67 bits per heavy atom. The first-order valence-corrected chi connectivity index (χ1v) is 9.24. The van der Waals surface area contributed by atoms with Crippen LogP contribution in [0.2, 0.25) is 0 Å². The maximum Gasteiger partial charge on any atom is 0.327 e. The Morgan fingerprint density at radius 3 is 2.12 bits per heavy atom. The number of hydrogen-bond acceptors (Lipinski definition) is 4. The molecule has 0 aromatic rings. The minimum absolute atomic E-state index is 0.0254. The molecule has 2 rings (SSSR count). The lowest BCUT2D eigenvalue weighted by molar-refractivity contribution is -0.137. The van der Waals surface area contributed by atoms with Crippen LogP contribution in [0.4, 0.5) is 4.79 Å². The highest BCUT2D eigenvalue weighted by molar-refractivity contribution is 6.07. The van der Waals surface area contributed by atoms with Crippen LogP contribution in [0.3, 0.4) is 0 Å². The van der Waals surface area contributed by atoms with Gasteiger partial charge in [0.25, 0.3) is 5.91 Å². The number of rotatable bonds is 6. The Morgan fingerprint density at radius 1 is 1.08 bits per heavy atom. The average Bonchev–Trinajstić information content (AvgIpc) is 2.73. The largest absolute Gasteiger partial charge is 0.395 e. The summed E-state index contributed by atoms with van der Waals surface area (Å²) in [6.45, 7) is 12.3. The molecule has 0 bridgehead atoms. The second-order valence-electron chi connectivity index (χ2n) is 7.98. The van der Waals surface area contributed by atoms with Gasteiger partial charge in [0.15, 0.2) is 0 Å². The van der Waals surface area contributed by atoms with Crippen LogP contribution in [0.25, 0.3) is 0 Å². The van der Waals surface area contributed by atoms with E-state index in [1.54, 1.807) is 0 Å². The van der Waals surface area contributed by atoms with Gasteiger partial charge in [0.2, 0.25) is 0 Å². The molecular weight excluding hydrogens is 306 g/mol. The third-order valence-electron chi connectivity index (χ3n) is 5.53. The maximum absolute atomic E-state index is 13.1. The predicted molar refractivity (Wildman–Crippen MR) is 93.6 cm³/mol. The zero-order valence-corrected chi connectivity index (χ0v) is 15.8. The lowest BCUT2D eigenvalue weighted by atomic mass is 9.85. The van der Waals surface area contributed by atoms with Crippen LogP contribution in [-0.2, 0) is 4.79 Å². The molecule has 1 N–H and O–H groups in total. The first-order valence-electron chi connectivity index (χ1n) is 9.24. The molecule has 2 aliphatic heterocycles.